The Hall–Kier alpha value is -3.22. The molecular formula is C19H24N4O3. The van der Waals surface area contributed by atoms with Crippen LogP contribution in [0.3, 0.4) is 0 Å². The number of pyridine rings is 1. The van der Waals surface area contributed by atoms with Crippen LogP contribution in [-0.2, 0) is 6.54 Å². The van der Waals surface area contributed by atoms with Crippen LogP contribution in [-0.4, -0.2) is 17.5 Å². The normalized spacial score (nSPS) is 10.1. The first-order valence-electron chi connectivity index (χ1n) is 8.52. The summed E-state index contributed by atoms with van der Waals surface area (Å²) in [5.74, 6) is 1.41. The number of hydrogen-bond donors (Lipinski definition) is 3. The fourth-order valence-electron chi connectivity index (χ4n) is 2.36. The van der Waals surface area contributed by atoms with E-state index in [9.17, 15) is 4.79 Å². The van der Waals surface area contributed by atoms with Crippen molar-refractivity contribution in [2.24, 2.45) is 0 Å². The molecule has 3 rings (SSSR count). The molecule has 0 aliphatic heterocycles. The standard InChI is InChI=1S/C17H18N4O3.C2H6/c1-2-23-11-4-3-10-7-12(24-14(10)8-11)9-20-17(22)13-5-6-15(18)21-16(13)19;1-2/h3-8H,2,9H2,1H3,(H,20,22)(H4,18,19,21);1-2H3. The van der Waals surface area contributed by atoms with Crippen LogP contribution in [0.15, 0.2) is 40.8 Å². The predicted molar refractivity (Wildman–Crippen MR) is 103 cm³/mol. The van der Waals surface area contributed by atoms with E-state index in [4.69, 9.17) is 20.6 Å². The summed E-state index contributed by atoms with van der Waals surface area (Å²) in [6.07, 6.45) is 0. The molecule has 1 amide bonds. The minimum absolute atomic E-state index is 0.0958. The Balaban J connectivity index is 0.00000117. The number of aromatic nitrogens is 1. The third kappa shape index (κ3) is 4.44. The monoisotopic (exact) mass is 356 g/mol. The highest BCUT2D eigenvalue weighted by atomic mass is 16.5. The largest absolute Gasteiger partial charge is 0.494 e. The smallest absolute Gasteiger partial charge is 0.255 e. The molecule has 0 aliphatic rings. The minimum atomic E-state index is -0.338. The van der Waals surface area contributed by atoms with E-state index in [1.54, 1.807) is 6.07 Å². The summed E-state index contributed by atoms with van der Waals surface area (Å²) in [6.45, 7) is 6.75. The molecule has 0 saturated heterocycles. The molecule has 0 fully saturated rings. The van der Waals surface area contributed by atoms with E-state index in [0.29, 0.717) is 18.0 Å². The van der Waals surface area contributed by atoms with Crippen molar-refractivity contribution >= 4 is 28.5 Å². The van der Waals surface area contributed by atoms with Crippen molar-refractivity contribution in [2.75, 3.05) is 18.1 Å². The quantitative estimate of drug-likeness (QED) is 0.645. The zero-order valence-electron chi connectivity index (χ0n) is 15.2. The van der Waals surface area contributed by atoms with Crippen LogP contribution in [0.2, 0.25) is 0 Å². The maximum Gasteiger partial charge on any atom is 0.255 e. The molecule has 0 atom stereocenters. The highest BCUT2D eigenvalue weighted by Crippen LogP contribution is 2.24. The van der Waals surface area contributed by atoms with E-state index < -0.39 is 0 Å². The molecule has 0 radical (unpaired) electrons. The molecule has 2 heterocycles. The number of nitrogens with zero attached hydrogens (tertiary/aromatic N) is 1. The van der Waals surface area contributed by atoms with Crippen LogP contribution in [0, 0.1) is 0 Å². The number of benzene rings is 1. The van der Waals surface area contributed by atoms with E-state index in [2.05, 4.69) is 10.3 Å². The van der Waals surface area contributed by atoms with Gasteiger partial charge in [0.1, 0.15) is 28.7 Å². The zero-order chi connectivity index (χ0) is 19.1. The number of fused-ring (bicyclic) bond motifs is 1. The lowest BCUT2D eigenvalue weighted by molar-refractivity contribution is 0.0949. The van der Waals surface area contributed by atoms with Gasteiger partial charge >= 0.3 is 0 Å². The Morgan fingerprint density at radius 3 is 2.65 bits per heavy atom. The van der Waals surface area contributed by atoms with E-state index >= 15 is 0 Å². The van der Waals surface area contributed by atoms with Crippen LogP contribution in [0.5, 0.6) is 5.75 Å². The van der Waals surface area contributed by atoms with Crippen molar-refractivity contribution in [3.05, 3.63) is 47.7 Å². The van der Waals surface area contributed by atoms with Crippen LogP contribution >= 0.6 is 0 Å². The van der Waals surface area contributed by atoms with Crippen LogP contribution in [0.1, 0.15) is 36.9 Å². The van der Waals surface area contributed by atoms with Crippen molar-refractivity contribution in [3.8, 4) is 5.75 Å². The molecule has 26 heavy (non-hydrogen) atoms. The van der Waals surface area contributed by atoms with Gasteiger partial charge in [-0.3, -0.25) is 4.79 Å². The van der Waals surface area contributed by atoms with Gasteiger partial charge in [0.15, 0.2) is 0 Å². The first-order valence-corrected chi connectivity index (χ1v) is 8.52. The zero-order valence-corrected chi connectivity index (χ0v) is 15.2. The molecular weight excluding hydrogens is 332 g/mol. The predicted octanol–water partition coefficient (Wildman–Crippen LogP) is 3.35. The number of nitrogens with one attached hydrogen (secondary N) is 1. The number of nitrogen functional groups attached to an aromatic ring is 2. The third-order valence-corrected chi connectivity index (χ3v) is 3.47. The number of carbonyl (C=O) groups excluding carboxylic acids is 1. The second kappa shape index (κ2) is 8.75. The number of amides is 1. The molecule has 0 aliphatic carbocycles. The van der Waals surface area contributed by atoms with Gasteiger partial charge in [-0.1, -0.05) is 13.8 Å². The number of nitrogens with two attached hydrogens (primary N) is 2. The first kappa shape index (κ1) is 19.1. The fourth-order valence-corrected chi connectivity index (χ4v) is 2.36. The molecule has 138 valence electrons. The topological polar surface area (TPSA) is 116 Å². The van der Waals surface area contributed by atoms with Gasteiger partial charge in [0.25, 0.3) is 5.91 Å². The Morgan fingerprint density at radius 1 is 1.19 bits per heavy atom. The average Bonchev–Trinajstić information content (AvgIpc) is 3.04. The summed E-state index contributed by atoms with van der Waals surface area (Å²) in [6, 6.07) is 10.6. The molecule has 1 aromatic carbocycles. The number of hydrogen-bond acceptors (Lipinski definition) is 6. The van der Waals surface area contributed by atoms with Crippen LogP contribution < -0.4 is 21.5 Å². The molecule has 7 nitrogen and oxygen atoms in total. The molecule has 0 bridgehead atoms. The highest BCUT2D eigenvalue weighted by molar-refractivity contribution is 5.98. The first-order chi connectivity index (χ1) is 12.6. The molecule has 5 N–H and O–H groups in total. The van der Waals surface area contributed by atoms with Gasteiger partial charge in [-0.2, -0.15) is 0 Å². The molecule has 2 aromatic heterocycles. The van der Waals surface area contributed by atoms with E-state index in [0.717, 1.165) is 11.1 Å². The maximum atomic E-state index is 12.2. The second-order valence-corrected chi connectivity index (χ2v) is 5.20. The van der Waals surface area contributed by atoms with Crippen molar-refractivity contribution in [2.45, 2.75) is 27.3 Å². The van der Waals surface area contributed by atoms with Gasteiger partial charge in [0.05, 0.1) is 18.7 Å². The van der Waals surface area contributed by atoms with Gasteiger partial charge in [-0.05, 0) is 37.3 Å². The number of anilines is 2. The highest BCUT2D eigenvalue weighted by Gasteiger charge is 2.12. The van der Waals surface area contributed by atoms with Crippen LogP contribution in [0.25, 0.3) is 11.0 Å². The van der Waals surface area contributed by atoms with Crippen LogP contribution in [0.4, 0.5) is 11.6 Å². The van der Waals surface area contributed by atoms with Gasteiger partial charge in [-0.15, -0.1) is 0 Å². The van der Waals surface area contributed by atoms with Gasteiger partial charge in [0.2, 0.25) is 0 Å². The Morgan fingerprint density at radius 2 is 1.96 bits per heavy atom. The Kier molecular flexibility index (Phi) is 6.43. The summed E-state index contributed by atoms with van der Waals surface area (Å²) >= 11 is 0. The number of ether oxygens (including phenoxy) is 1. The Bertz CT molecular complexity index is 890. The van der Waals surface area contributed by atoms with Gasteiger partial charge < -0.3 is 25.9 Å². The number of rotatable bonds is 5. The Labute approximate surface area is 152 Å². The summed E-state index contributed by atoms with van der Waals surface area (Å²) in [4.78, 5) is 16.0. The summed E-state index contributed by atoms with van der Waals surface area (Å²) < 4.78 is 11.2. The number of carbonyl (C=O) groups is 1. The molecule has 3 aromatic rings. The molecule has 0 unspecified atom stereocenters. The average molecular weight is 356 g/mol. The summed E-state index contributed by atoms with van der Waals surface area (Å²) in [5.41, 5.74) is 12.2. The molecule has 0 saturated carbocycles. The summed E-state index contributed by atoms with van der Waals surface area (Å²) in [7, 11) is 0. The van der Waals surface area contributed by atoms with E-state index in [1.165, 1.54) is 6.07 Å². The lowest BCUT2D eigenvalue weighted by Crippen LogP contribution is -2.24. The van der Waals surface area contributed by atoms with Crippen molar-refractivity contribution < 1.29 is 13.9 Å². The fraction of sp³-hybridized carbons (Fsp3) is 0.263. The van der Waals surface area contributed by atoms with Gasteiger partial charge in [-0.25, -0.2) is 4.98 Å². The lowest BCUT2D eigenvalue weighted by Gasteiger charge is -2.06. The lowest BCUT2D eigenvalue weighted by atomic mass is 10.2. The minimum Gasteiger partial charge on any atom is -0.494 e. The van der Waals surface area contributed by atoms with Crippen molar-refractivity contribution in [1.82, 2.24) is 10.3 Å². The van der Waals surface area contributed by atoms with Crippen molar-refractivity contribution in [1.29, 1.82) is 0 Å². The SMILES string of the molecule is CC.CCOc1ccc2cc(CNC(=O)c3ccc(N)nc3N)oc2c1. The van der Waals surface area contributed by atoms with Gasteiger partial charge in [0, 0.05) is 11.5 Å². The maximum absolute atomic E-state index is 12.2. The van der Waals surface area contributed by atoms with Crippen molar-refractivity contribution in [3.63, 3.8) is 0 Å². The second-order valence-electron chi connectivity index (χ2n) is 5.20. The third-order valence-electron chi connectivity index (χ3n) is 3.47. The van der Waals surface area contributed by atoms with E-state index in [1.807, 2.05) is 45.0 Å². The van der Waals surface area contributed by atoms with E-state index in [-0.39, 0.29) is 29.7 Å². The molecule has 7 heteroatoms. The number of furan rings is 1. The summed E-state index contributed by atoms with van der Waals surface area (Å²) in [5, 5.41) is 3.69. The molecule has 0 spiro atoms.